The molecule has 1 aliphatic rings. The van der Waals surface area contributed by atoms with Crippen molar-refractivity contribution in [3.8, 4) is 0 Å². The second-order valence-corrected chi connectivity index (χ2v) is 9.37. The van der Waals surface area contributed by atoms with E-state index in [0.717, 1.165) is 12.8 Å². The van der Waals surface area contributed by atoms with E-state index in [9.17, 15) is 18.0 Å². The van der Waals surface area contributed by atoms with Gasteiger partial charge in [0, 0.05) is 18.7 Å². The molecule has 0 spiro atoms. The van der Waals surface area contributed by atoms with Gasteiger partial charge in [-0.3, -0.25) is 9.59 Å². The van der Waals surface area contributed by atoms with Crippen molar-refractivity contribution in [2.24, 2.45) is 5.92 Å². The molecule has 1 amide bonds. The summed E-state index contributed by atoms with van der Waals surface area (Å²) in [6.07, 6.45) is 2.34. The van der Waals surface area contributed by atoms with Crippen LogP contribution in [0.3, 0.4) is 0 Å². The SMILES string of the molecule is CCOC(=O)CCN(CC1CC1)C(=O)c1ccc(S(=O)(=O)C(C)C)cc1. The average molecular weight is 381 g/mol. The first-order chi connectivity index (χ1) is 12.3. The molecule has 0 atom stereocenters. The van der Waals surface area contributed by atoms with Crippen molar-refractivity contribution >= 4 is 21.7 Å². The van der Waals surface area contributed by atoms with E-state index in [2.05, 4.69) is 0 Å². The quantitative estimate of drug-likeness (QED) is 0.614. The Balaban J connectivity index is 2.10. The van der Waals surface area contributed by atoms with Gasteiger partial charge in [0.25, 0.3) is 5.91 Å². The Morgan fingerprint density at radius 1 is 1.19 bits per heavy atom. The molecule has 0 unspecified atom stereocenters. The molecule has 1 saturated carbocycles. The van der Waals surface area contributed by atoms with Crippen LogP contribution in [0.4, 0.5) is 0 Å². The minimum atomic E-state index is -3.36. The molecule has 26 heavy (non-hydrogen) atoms. The standard InChI is InChI=1S/C19H27NO5S/c1-4-25-18(21)11-12-20(13-15-5-6-15)19(22)16-7-9-17(10-8-16)26(23,24)14(2)3/h7-10,14-15H,4-6,11-13H2,1-3H3. The fourth-order valence-electron chi connectivity index (χ4n) is 2.59. The maximum Gasteiger partial charge on any atom is 0.307 e. The van der Waals surface area contributed by atoms with Gasteiger partial charge in [-0.15, -0.1) is 0 Å². The number of sulfone groups is 1. The third kappa shape index (κ3) is 5.30. The summed E-state index contributed by atoms with van der Waals surface area (Å²) in [5.41, 5.74) is 0.428. The lowest BCUT2D eigenvalue weighted by atomic mass is 10.2. The molecule has 0 heterocycles. The summed E-state index contributed by atoms with van der Waals surface area (Å²) < 4.78 is 29.3. The number of nitrogens with zero attached hydrogens (tertiary/aromatic N) is 1. The summed E-state index contributed by atoms with van der Waals surface area (Å²) in [4.78, 5) is 26.3. The zero-order valence-corrected chi connectivity index (χ0v) is 16.4. The van der Waals surface area contributed by atoms with Crippen molar-refractivity contribution < 1.29 is 22.7 Å². The van der Waals surface area contributed by atoms with Gasteiger partial charge in [-0.2, -0.15) is 0 Å². The first-order valence-electron chi connectivity index (χ1n) is 9.04. The topological polar surface area (TPSA) is 80.8 Å². The van der Waals surface area contributed by atoms with Crippen LogP contribution in [0, 0.1) is 5.92 Å². The molecule has 6 nitrogen and oxygen atoms in total. The Labute approximate surface area is 155 Å². The van der Waals surface area contributed by atoms with Crippen LogP contribution in [0.1, 0.15) is 50.4 Å². The molecule has 1 aromatic carbocycles. The minimum Gasteiger partial charge on any atom is -0.466 e. The number of rotatable bonds is 9. The highest BCUT2D eigenvalue weighted by atomic mass is 32.2. The lowest BCUT2D eigenvalue weighted by Gasteiger charge is -2.22. The Morgan fingerprint density at radius 3 is 2.31 bits per heavy atom. The zero-order valence-electron chi connectivity index (χ0n) is 15.6. The fourth-order valence-corrected chi connectivity index (χ4v) is 3.65. The summed E-state index contributed by atoms with van der Waals surface area (Å²) in [5, 5.41) is -0.514. The zero-order chi connectivity index (χ0) is 19.3. The van der Waals surface area contributed by atoms with Crippen molar-refractivity contribution in [2.75, 3.05) is 19.7 Å². The van der Waals surface area contributed by atoms with Crippen LogP contribution in [0.5, 0.6) is 0 Å². The summed E-state index contributed by atoms with van der Waals surface area (Å²) in [5.74, 6) is -0.0177. The van der Waals surface area contributed by atoms with Gasteiger partial charge in [-0.25, -0.2) is 8.42 Å². The Morgan fingerprint density at radius 2 is 1.81 bits per heavy atom. The number of hydrogen-bond donors (Lipinski definition) is 0. The normalized spacial score (nSPS) is 14.3. The number of amides is 1. The lowest BCUT2D eigenvalue weighted by Crippen LogP contribution is -2.35. The molecule has 0 N–H and O–H groups in total. The molecule has 0 saturated heterocycles. The van der Waals surface area contributed by atoms with Gasteiger partial charge in [0.05, 0.1) is 23.2 Å². The third-order valence-electron chi connectivity index (χ3n) is 4.40. The van der Waals surface area contributed by atoms with Crippen molar-refractivity contribution in [1.29, 1.82) is 0 Å². The maximum atomic E-state index is 12.8. The van der Waals surface area contributed by atoms with E-state index >= 15 is 0 Å². The van der Waals surface area contributed by atoms with Gasteiger partial charge < -0.3 is 9.64 Å². The van der Waals surface area contributed by atoms with E-state index in [-0.39, 0.29) is 23.2 Å². The molecule has 144 valence electrons. The highest BCUT2D eigenvalue weighted by molar-refractivity contribution is 7.92. The van der Waals surface area contributed by atoms with E-state index in [0.29, 0.717) is 31.2 Å². The summed E-state index contributed by atoms with van der Waals surface area (Å²) in [6.45, 7) is 6.24. The van der Waals surface area contributed by atoms with Gasteiger partial charge in [0.2, 0.25) is 0 Å². The van der Waals surface area contributed by atoms with Crippen LogP contribution < -0.4 is 0 Å². The first kappa shape index (κ1) is 20.4. The van der Waals surface area contributed by atoms with Crippen molar-refractivity contribution in [1.82, 2.24) is 4.90 Å². The van der Waals surface area contributed by atoms with E-state index in [1.807, 2.05) is 0 Å². The van der Waals surface area contributed by atoms with Gasteiger partial charge in [0.15, 0.2) is 9.84 Å². The molecule has 0 radical (unpaired) electrons. The van der Waals surface area contributed by atoms with Gasteiger partial charge in [-0.1, -0.05) is 0 Å². The van der Waals surface area contributed by atoms with Gasteiger partial charge >= 0.3 is 5.97 Å². The van der Waals surface area contributed by atoms with Gasteiger partial charge in [-0.05, 0) is 63.8 Å². The molecular formula is C19H27NO5S. The molecule has 1 fully saturated rings. The van der Waals surface area contributed by atoms with Crippen LogP contribution in [0.25, 0.3) is 0 Å². The number of ether oxygens (including phenoxy) is 1. The number of hydrogen-bond acceptors (Lipinski definition) is 5. The van der Waals surface area contributed by atoms with Crippen molar-refractivity contribution in [2.45, 2.75) is 50.2 Å². The predicted molar refractivity (Wildman–Crippen MR) is 98.6 cm³/mol. The Bertz CT molecular complexity index is 736. The van der Waals surface area contributed by atoms with Gasteiger partial charge in [0.1, 0.15) is 0 Å². The second-order valence-electron chi connectivity index (χ2n) is 6.87. The predicted octanol–water partition coefficient (Wildman–Crippen LogP) is 2.67. The smallest absolute Gasteiger partial charge is 0.307 e. The molecule has 1 aliphatic carbocycles. The largest absolute Gasteiger partial charge is 0.466 e. The number of carbonyl (C=O) groups is 2. The van der Waals surface area contributed by atoms with E-state index in [4.69, 9.17) is 4.74 Å². The third-order valence-corrected chi connectivity index (χ3v) is 6.57. The first-order valence-corrected chi connectivity index (χ1v) is 10.6. The Kier molecular flexibility index (Phi) is 6.81. The highest BCUT2D eigenvalue weighted by Crippen LogP contribution is 2.30. The number of esters is 1. The van der Waals surface area contributed by atoms with Crippen molar-refractivity contribution in [3.05, 3.63) is 29.8 Å². The summed E-state index contributed by atoms with van der Waals surface area (Å²) in [7, 11) is -3.36. The average Bonchev–Trinajstić information content (AvgIpc) is 3.42. The summed E-state index contributed by atoms with van der Waals surface area (Å²) >= 11 is 0. The van der Waals surface area contributed by atoms with E-state index in [1.54, 1.807) is 37.8 Å². The molecule has 2 rings (SSSR count). The molecule has 0 aliphatic heterocycles. The minimum absolute atomic E-state index is 0.159. The number of benzene rings is 1. The highest BCUT2D eigenvalue weighted by Gasteiger charge is 2.28. The summed E-state index contributed by atoms with van der Waals surface area (Å²) in [6, 6.07) is 6.04. The van der Waals surface area contributed by atoms with Crippen LogP contribution in [0.2, 0.25) is 0 Å². The number of carbonyl (C=O) groups excluding carboxylic acids is 2. The van der Waals surface area contributed by atoms with Crippen LogP contribution >= 0.6 is 0 Å². The molecular weight excluding hydrogens is 354 g/mol. The van der Waals surface area contributed by atoms with Crippen LogP contribution in [-0.4, -0.2) is 50.1 Å². The van der Waals surface area contributed by atoms with Crippen LogP contribution in [-0.2, 0) is 19.4 Å². The van der Waals surface area contributed by atoms with E-state index < -0.39 is 15.1 Å². The van der Waals surface area contributed by atoms with Crippen LogP contribution in [0.15, 0.2) is 29.2 Å². The van der Waals surface area contributed by atoms with E-state index in [1.165, 1.54) is 12.1 Å². The lowest BCUT2D eigenvalue weighted by molar-refractivity contribution is -0.143. The van der Waals surface area contributed by atoms with Crippen molar-refractivity contribution in [3.63, 3.8) is 0 Å². The molecule has 0 bridgehead atoms. The fraction of sp³-hybridized carbons (Fsp3) is 0.579. The second kappa shape index (κ2) is 8.66. The maximum absolute atomic E-state index is 12.8. The molecule has 1 aromatic rings. The monoisotopic (exact) mass is 381 g/mol. The molecule has 7 heteroatoms. The molecule has 0 aromatic heterocycles. The Hall–Kier alpha value is -1.89.